The van der Waals surface area contributed by atoms with Gasteiger partial charge in [0, 0.05) is 17.2 Å². The maximum absolute atomic E-state index is 12.1. The van der Waals surface area contributed by atoms with Gasteiger partial charge in [0.2, 0.25) is 0 Å². The minimum Gasteiger partial charge on any atom is -0.444 e. The van der Waals surface area contributed by atoms with Crippen LogP contribution in [0.25, 0.3) is 0 Å². The summed E-state index contributed by atoms with van der Waals surface area (Å²) in [6, 6.07) is 8.23. The third-order valence-corrected chi connectivity index (χ3v) is 3.70. The average molecular weight is 265 g/mol. The van der Waals surface area contributed by atoms with Crippen molar-refractivity contribution < 1.29 is 9.53 Å². The van der Waals surface area contributed by atoms with Crippen LogP contribution in [0.2, 0.25) is 0 Å². The van der Waals surface area contributed by atoms with Gasteiger partial charge in [-0.2, -0.15) is 0 Å². The van der Waals surface area contributed by atoms with Gasteiger partial charge in [0.15, 0.2) is 0 Å². The highest BCUT2D eigenvalue weighted by atomic mass is 32.2. The van der Waals surface area contributed by atoms with Crippen LogP contribution < -0.4 is 0 Å². The Morgan fingerprint density at radius 2 is 2.06 bits per heavy atom. The molecule has 0 aromatic heterocycles. The molecule has 0 saturated carbocycles. The van der Waals surface area contributed by atoms with E-state index in [1.165, 1.54) is 10.5 Å². The average Bonchev–Trinajstić information content (AvgIpc) is 2.48. The van der Waals surface area contributed by atoms with Crippen LogP contribution >= 0.6 is 11.8 Å². The van der Waals surface area contributed by atoms with Crippen LogP contribution in [0.5, 0.6) is 0 Å². The number of carbonyl (C=O) groups is 1. The van der Waals surface area contributed by atoms with Gasteiger partial charge in [-0.15, -0.1) is 11.8 Å². The highest BCUT2D eigenvalue weighted by Crippen LogP contribution is 2.27. The molecule has 0 atom stereocenters. The number of hydrogen-bond donors (Lipinski definition) is 0. The first kappa shape index (κ1) is 13.3. The van der Waals surface area contributed by atoms with Crippen LogP contribution in [0, 0.1) is 0 Å². The predicted molar refractivity (Wildman–Crippen MR) is 73.8 cm³/mol. The van der Waals surface area contributed by atoms with E-state index >= 15 is 0 Å². The van der Waals surface area contributed by atoms with E-state index < -0.39 is 5.60 Å². The number of hydrogen-bond acceptors (Lipinski definition) is 3. The first-order chi connectivity index (χ1) is 8.46. The van der Waals surface area contributed by atoms with Crippen LogP contribution in [0.15, 0.2) is 29.2 Å². The van der Waals surface area contributed by atoms with Gasteiger partial charge in [-0.05, 0) is 32.4 Å². The fourth-order valence-corrected chi connectivity index (χ4v) is 2.83. The summed E-state index contributed by atoms with van der Waals surface area (Å²) in [6.45, 7) is 7.05. The van der Waals surface area contributed by atoms with Crippen molar-refractivity contribution >= 4 is 17.9 Å². The molecule has 3 nitrogen and oxygen atoms in total. The Balaban J connectivity index is 2.10. The van der Waals surface area contributed by atoms with Gasteiger partial charge in [-0.3, -0.25) is 0 Å². The molecule has 4 heteroatoms. The first-order valence-electron chi connectivity index (χ1n) is 6.14. The summed E-state index contributed by atoms with van der Waals surface area (Å²) in [6.07, 6.45) is -0.222. The van der Waals surface area contributed by atoms with Crippen LogP contribution in [0.4, 0.5) is 4.79 Å². The number of thioether (sulfide) groups is 1. The quantitative estimate of drug-likeness (QED) is 0.718. The zero-order chi connectivity index (χ0) is 13.2. The summed E-state index contributed by atoms with van der Waals surface area (Å²) < 4.78 is 5.43. The largest absolute Gasteiger partial charge is 0.444 e. The number of rotatable bonds is 0. The Hall–Kier alpha value is -1.16. The minimum absolute atomic E-state index is 0.222. The Labute approximate surface area is 113 Å². The molecule has 0 N–H and O–H groups in total. The third kappa shape index (κ3) is 3.42. The van der Waals surface area contributed by atoms with Crippen LogP contribution in [-0.2, 0) is 11.3 Å². The van der Waals surface area contributed by atoms with Gasteiger partial charge >= 0.3 is 6.09 Å². The Morgan fingerprint density at radius 3 is 2.78 bits per heavy atom. The SMILES string of the molecule is CC(C)(C)OC(=O)N1CCSc2ccccc2C1. The number of nitrogens with zero attached hydrogens (tertiary/aromatic N) is 1. The molecule has 0 saturated heterocycles. The van der Waals surface area contributed by atoms with E-state index in [9.17, 15) is 4.79 Å². The molecular weight excluding hydrogens is 246 g/mol. The topological polar surface area (TPSA) is 29.5 Å². The van der Waals surface area contributed by atoms with Crippen molar-refractivity contribution in [2.75, 3.05) is 12.3 Å². The molecule has 1 amide bonds. The second-order valence-electron chi connectivity index (χ2n) is 5.36. The fraction of sp³-hybridized carbons (Fsp3) is 0.500. The Morgan fingerprint density at radius 1 is 1.33 bits per heavy atom. The van der Waals surface area contributed by atoms with Gasteiger partial charge in [-0.1, -0.05) is 18.2 Å². The van der Waals surface area contributed by atoms with E-state index in [-0.39, 0.29) is 6.09 Å². The van der Waals surface area contributed by atoms with Gasteiger partial charge in [-0.25, -0.2) is 4.79 Å². The van der Waals surface area contributed by atoms with Crippen molar-refractivity contribution in [3.63, 3.8) is 0 Å². The smallest absolute Gasteiger partial charge is 0.410 e. The third-order valence-electron chi connectivity index (χ3n) is 2.60. The number of amides is 1. The van der Waals surface area contributed by atoms with E-state index in [2.05, 4.69) is 12.1 Å². The Bertz CT molecular complexity index is 440. The molecule has 1 heterocycles. The molecule has 98 valence electrons. The summed E-state index contributed by atoms with van der Waals surface area (Å²) in [4.78, 5) is 15.1. The molecule has 18 heavy (non-hydrogen) atoms. The zero-order valence-electron chi connectivity index (χ0n) is 11.1. The molecule has 0 spiro atoms. The standard InChI is InChI=1S/C14H19NO2S/c1-14(2,3)17-13(16)15-8-9-18-12-7-5-4-6-11(12)10-15/h4-7H,8-10H2,1-3H3. The fourth-order valence-electron chi connectivity index (χ4n) is 1.81. The molecule has 0 unspecified atom stereocenters. The molecule has 1 aromatic rings. The van der Waals surface area contributed by atoms with Crippen LogP contribution in [0.3, 0.4) is 0 Å². The molecule has 0 radical (unpaired) electrons. The normalized spacial score (nSPS) is 15.8. The van der Waals surface area contributed by atoms with Crippen molar-refractivity contribution in [2.45, 2.75) is 37.8 Å². The first-order valence-corrected chi connectivity index (χ1v) is 7.13. The maximum Gasteiger partial charge on any atom is 0.410 e. The molecule has 1 aliphatic rings. The number of fused-ring (bicyclic) bond motifs is 1. The van der Waals surface area contributed by atoms with E-state index in [4.69, 9.17) is 4.74 Å². The van der Waals surface area contributed by atoms with Crippen molar-refractivity contribution in [3.05, 3.63) is 29.8 Å². The molecule has 0 aliphatic carbocycles. The van der Waals surface area contributed by atoms with Gasteiger partial charge in [0.25, 0.3) is 0 Å². The Kier molecular flexibility index (Phi) is 3.85. The lowest BCUT2D eigenvalue weighted by Crippen LogP contribution is -2.37. The lowest BCUT2D eigenvalue weighted by atomic mass is 10.2. The number of benzene rings is 1. The van der Waals surface area contributed by atoms with Crippen molar-refractivity contribution in [2.24, 2.45) is 0 Å². The summed E-state index contributed by atoms with van der Waals surface area (Å²) in [5.41, 5.74) is 0.765. The molecule has 2 rings (SSSR count). The number of ether oxygens (including phenoxy) is 1. The van der Waals surface area contributed by atoms with E-state index in [1.807, 2.05) is 32.9 Å². The van der Waals surface area contributed by atoms with E-state index in [0.717, 1.165) is 12.3 Å². The second kappa shape index (κ2) is 5.22. The lowest BCUT2D eigenvalue weighted by molar-refractivity contribution is 0.0247. The minimum atomic E-state index is -0.434. The molecular formula is C14H19NO2S. The molecule has 1 aliphatic heterocycles. The summed E-state index contributed by atoms with van der Waals surface area (Å²) in [5.74, 6) is 0.913. The van der Waals surface area contributed by atoms with Crippen LogP contribution in [-0.4, -0.2) is 28.9 Å². The van der Waals surface area contributed by atoms with E-state index in [0.29, 0.717) is 6.54 Å². The monoisotopic (exact) mass is 265 g/mol. The predicted octanol–water partition coefficient (Wildman–Crippen LogP) is 3.53. The van der Waals surface area contributed by atoms with Gasteiger partial charge < -0.3 is 9.64 Å². The van der Waals surface area contributed by atoms with Gasteiger partial charge in [0.1, 0.15) is 5.60 Å². The second-order valence-corrected chi connectivity index (χ2v) is 6.49. The van der Waals surface area contributed by atoms with Gasteiger partial charge in [0.05, 0.1) is 6.54 Å². The highest BCUT2D eigenvalue weighted by molar-refractivity contribution is 7.99. The molecule has 1 aromatic carbocycles. The highest BCUT2D eigenvalue weighted by Gasteiger charge is 2.24. The number of carbonyl (C=O) groups excluding carboxylic acids is 1. The van der Waals surface area contributed by atoms with E-state index in [1.54, 1.807) is 16.7 Å². The summed E-state index contributed by atoms with van der Waals surface area (Å²) in [7, 11) is 0. The van der Waals surface area contributed by atoms with Crippen molar-refractivity contribution in [1.29, 1.82) is 0 Å². The van der Waals surface area contributed by atoms with Crippen LogP contribution in [0.1, 0.15) is 26.3 Å². The lowest BCUT2D eigenvalue weighted by Gasteiger charge is -2.26. The zero-order valence-corrected chi connectivity index (χ0v) is 11.9. The maximum atomic E-state index is 12.1. The van der Waals surface area contributed by atoms with Crippen molar-refractivity contribution in [3.8, 4) is 0 Å². The molecule has 0 fully saturated rings. The van der Waals surface area contributed by atoms with Crippen molar-refractivity contribution in [1.82, 2.24) is 4.90 Å². The molecule has 0 bridgehead atoms. The summed E-state index contributed by atoms with van der Waals surface area (Å²) >= 11 is 1.80. The summed E-state index contributed by atoms with van der Waals surface area (Å²) in [5, 5.41) is 0.